The lowest BCUT2D eigenvalue weighted by Crippen LogP contribution is -2.53. The molecule has 2 aromatic rings. The quantitative estimate of drug-likeness (QED) is 0.557. The van der Waals surface area contributed by atoms with Gasteiger partial charge in [-0.05, 0) is 49.4 Å². The van der Waals surface area contributed by atoms with Crippen molar-refractivity contribution in [2.24, 2.45) is 17.3 Å². The summed E-state index contributed by atoms with van der Waals surface area (Å²) in [7, 11) is 0. The summed E-state index contributed by atoms with van der Waals surface area (Å²) in [5.74, 6) is 0.345. The number of carbonyl (C=O) groups is 2. The zero-order valence-corrected chi connectivity index (χ0v) is 21.6. The molecule has 1 saturated carbocycles. The standard InChI is InChI=1S/C32H37N3O2/c1-32-20-21-35(29(32)24-16-8-10-18-26(24)33-28(32)22-12-4-2-5-13-22)31(37)25-17-9-11-19-27(25)34-30(36)23-14-6-3-7-15-23/h2-8,10,12,14-16,18,22,25,27-29,33H,9,11,13,17,19-21H2,1H3,(H,34,36)/t22?,25-,27+,28-,29-,32+/m0/s1. The minimum absolute atomic E-state index is 0.0363. The van der Waals surface area contributed by atoms with Crippen LogP contribution in [0.1, 0.15) is 67.4 Å². The van der Waals surface area contributed by atoms with Crippen LogP contribution < -0.4 is 10.6 Å². The average Bonchev–Trinajstić information content (AvgIpc) is 3.32. The predicted octanol–water partition coefficient (Wildman–Crippen LogP) is 5.88. The molecule has 6 rings (SSSR count). The molecule has 0 spiro atoms. The molecule has 1 saturated heterocycles. The Kier molecular flexibility index (Phi) is 6.39. The molecule has 6 atom stereocenters. The van der Waals surface area contributed by atoms with E-state index in [9.17, 15) is 9.59 Å². The predicted molar refractivity (Wildman–Crippen MR) is 147 cm³/mol. The lowest BCUT2D eigenvalue weighted by Gasteiger charge is -2.50. The zero-order chi connectivity index (χ0) is 25.4. The maximum atomic E-state index is 14.3. The van der Waals surface area contributed by atoms with Crippen LogP contribution in [0.5, 0.6) is 0 Å². The first kappa shape index (κ1) is 24.0. The number of amides is 2. The third-order valence-corrected chi connectivity index (χ3v) is 9.27. The third-order valence-electron chi connectivity index (χ3n) is 9.27. The van der Waals surface area contributed by atoms with Crippen molar-refractivity contribution in [3.8, 4) is 0 Å². The Morgan fingerprint density at radius 2 is 1.78 bits per heavy atom. The Morgan fingerprint density at radius 3 is 2.59 bits per heavy atom. The largest absolute Gasteiger partial charge is 0.381 e. The molecule has 0 radical (unpaired) electrons. The molecule has 0 bridgehead atoms. The number of anilines is 1. The molecule has 2 aliphatic carbocycles. The molecular weight excluding hydrogens is 458 g/mol. The minimum Gasteiger partial charge on any atom is -0.381 e. The van der Waals surface area contributed by atoms with Crippen molar-refractivity contribution < 1.29 is 9.59 Å². The number of hydrogen-bond acceptors (Lipinski definition) is 3. The van der Waals surface area contributed by atoms with Gasteiger partial charge in [-0.1, -0.05) is 80.5 Å². The van der Waals surface area contributed by atoms with E-state index < -0.39 is 0 Å². The summed E-state index contributed by atoms with van der Waals surface area (Å²) in [5, 5.41) is 7.13. The average molecular weight is 496 g/mol. The first-order valence-electron chi connectivity index (χ1n) is 13.9. The number of allylic oxidation sites excluding steroid dienone is 3. The van der Waals surface area contributed by atoms with E-state index in [-0.39, 0.29) is 41.3 Å². The first-order valence-corrected chi connectivity index (χ1v) is 13.9. The monoisotopic (exact) mass is 495 g/mol. The number of nitrogens with zero attached hydrogens (tertiary/aromatic N) is 1. The van der Waals surface area contributed by atoms with Gasteiger partial charge in [-0.2, -0.15) is 0 Å². The molecule has 5 heteroatoms. The Balaban J connectivity index is 1.29. The Labute approximate surface area is 220 Å². The highest BCUT2D eigenvalue weighted by molar-refractivity contribution is 5.95. The number of hydrogen-bond donors (Lipinski definition) is 2. The van der Waals surface area contributed by atoms with Crippen molar-refractivity contribution in [3.63, 3.8) is 0 Å². The third kappa shape index (κ3) is 4.28. The van der Waals surface area contributed by atoms with Crippen molar-refractivity contribution >= 4 is 17.5 Å². The summed E-state index contributed by atoms with van der Waals surface area (Å²) >= 11 is 0. The number of para-hydroxylation sites is 1. The van der Waals surface area contributed by atoms with Crippen molar-refractivity contribution in [2.75, 3.05) is 11.9 Å². The zero-order valence-electron chi connectivity index (χ0n) is 21.6. The van der Waals surface area contributed by atoms with Gasteiger partial charge in [-0.3, -0.25) is 9.59 Å². The Hall–Kier alpha value is -3.34. The van der Waals surface area contributed by atoms with E-state index in [0.29, 0.717) is 11.5 Å². The molecule has 2 aromatic carbocycles. The van der Waals surface area contributed by atoms with Crippen molar-refractivity contribution in [2.45, 2.75) is 63.6 Å². The van der Waals surface area contributed by atoms with Gasteiger partial charge in [-0.15, -0.1) is 0 Å². The van der Waals surface area contributed by atoms with Gasteiger partial charge in [0.15, 0.2) is 0 Å². The molecule has 0 aromatic heterocycles. The summed E-state index contributed by atoms with van der Waals surface area (Å²) in [6, 6.07) is 18.0. The van der Waals surface area contributed by atoms with Gasteiger partial charge in [-0.25, -0.2) is 0 Å². The smallest absolute Gasteiger partial charge is 0.251 e. The van der Waals surface area contributed by atoms with Gasteiger partial charge < -0.3 is 15.5 Å². The fraction of sp³-hybridized carbons (Fsp3) is 0.438. The summed E-state index contributed by atoms with van der Waals surface area (Å²) in [4.78, 5) is 29.5. The second kappa shape index (κ2) is 9.85. The number of carbonyl (C=O) groups excluding carboxylic acids is 2. The van der Waals surface area contributed by atoms with E-state index in [0.717, 1.165) is 50.8 Å². The molecule has 192 valence electrons. The second-order valence-electron chi connectivity index (χ2n) is 11.4. The van der Waals surface area contributed by atoms with Crippen LogP contribution in [-0.2, 0) is 4.79 Å². The number of fused-ring (bicyclic) bond motifs is 3. The van der Waals surface area contributed by atoms with E-state index in [2.05, 4.69) is 71.0 Å². The van der Waals surface area contributed by atoms with E-state index in [4.69, 9.17) is 0 Å². The summed E-state index contributed by atoms with van der Waals surface area (Å²) < 4.78 is 0. The Morgan fingerprint density at radius 1 is 1.00 bits per heavy atom. The molecule has 5 nitrogen and oxygen atoms in total. The molecule has 37 heavy (non-hydrogen) atoms. The molecular formula is C32H37N3O2. The summed E-state index contributed by atoms with van der Waals surface area (Å²) in [6.07, 6.45) is 14.6. The molecule has 4 aliphatic rings. The lowest BCUT2D eigenvalue weighted by molar-refractivity contribution is -0.139. The fourth-order valence-corrected chi connectivity index (χ4v) is 7.37. The summed E-state index contributed by atoms with van der Waals surface area (Å²) in [6.45, 7) is 3.13. The highest BCUT2D eigenvalue weighted by Crippen LogP contribution is 2.57. The maximum absolute atomic E-state index is 14.3. The topological polar surface area (TPSA) is 61.4 Å². The van der Waals surface area contributed by atoms with Gasteiger partial charge in [0, 0.05) is 41.2 Å². The number of benzene rings is 2. The molecule has 1 unspecified atom stereocenters. The lowest BCUT2D eigenvalue weighted by atomic mass is 9.65. The van der Waals surface area contributed by atoms with Gasteiger partial charge in [0.2, 0.25) is 5.91 Å². The van der Waals surface area contributed by atoms with E-state index in [1.54, 1.807) is 0 Å². The number of rotatable bonds is 4. The molecule has 2 aliphatic heterocycles. The number of likely N-dealkylation sites (tertiary alicyclic amines) is 1. The van der Waals surface area contributed by atoms with Crippen LogP contribution in [0.2, 0.25) is 0 Å². The van der Waals surface area contributed by atoms with Crippen LogP contribution in [-0.4, -0.2) is 35.3 Å². The Bertz CT molecular complexity index is 1220. The SMILES string of the molecule is C[C@]12CCN(C(=O)[C@H]3CCCC[C@H]3NC(=O)c3ccccc3)[C@H]1c1ccccc1N[C@H]2C1C=CC=CC1. The molecule has 2 N–H and O–H groups in total. The van der Waals surface area contributed by atoms with Gasteiger partial charge >= 0.3 is 0 Å². The van der Waals surface area contributed by atoms with Crippen molar-refractivity contribution in [1.82, 2.24) is 10.2 Å². The van der Waals surface area contributed by atoms with Crippen molar-refractivity contribution in [1.29, 1.82) is 0 Å². The van der Waals surface area contributed by atoms with Crippen LogP contribution in [0.15, 0.2) is 78.9 Å². The highest BCUT2D eigenvalue weighted by atomic mass is 16.2. The van der Waals surface area contributed by atoms with Crippen LogP contribution >= 0.6 is 0 Å². The van der Waals surface area contributed by atoms with Gasteiger partial charge in [0.1, 0.15) is 0 Å². The first-order chi connectivity index (χ1) is 18.1. The number of nitrogens with one attached hydrogen (secondary N) is 2. The van der Waals surface area contributed by atoms with E-state index >= 15 is 0 Å². The van der Waals surface area contributed by atoms with Crippen LogP contribution in [0.4, 0.5) is 5.69 Å². The maximum Gasteiger partial charge on any atom is 0.251 e. The normalized spacial score (nSPS) is 32.2. The van der Waals surface area contributed by atoms with Crippen LogP contribution in [0.25, 0.3) is 0 Å². The van der Waals surface area contributed by atoms with Crippen LogP contribution in [0.3, 0.4) is 0 Å². The van der Waals surface area contributed by atoms with E-state index in [1.165, 1.54) is 5.56 Å². The van der Waals surface area contributed by atoms with Gasteiger partial charge in [0.25, 0.3) is 5.91 Å². The molecule has 2 heterocycles. The minimum atomic E-state index is -0.179. The highest BCUT2D eigenvalue weighted by Gasteiger charge is 2.56. The second-order valence-corrected chi connectivity index (χ2v) is 11.4. The molecule has 2 amide bonds. The van der Waals surface area contributed by atoms with Crippen LogP contribution in [0, 0.1) is 17.3 Å². The van der Waals surface area contributed by atoms with Crippen molar-refractivity contribution in [3.05, 3.63) is 90.0 Å². The van der Waals surface area contributed by atoms with Gasteiger partial charge in [0.05, 0.1) is 12.0 Å². The van der Waals surface area contributed by atoms with E-state index in [1.807, 2.05) is 30.3 Å². The summed E-state index contributed by atoms with van der Waals surface area (Å²) in [5.41, 5.74) is 2.96. The molecule has 2 fully saturated rings. The fourth-order valence-electron chi connectivity index (χ4n) is 7.37.